The van der Waals surface area contributed by atoms with Gasteiger partial charge >= 0.3 is 0 Å². The molecule has 0 bridgehead atoms. The van der Waals surface area contributed by atoms with Crippen molar-refractivity contribution in [3.05, 3.63) is 169 Å². The third-order valence-corrected chi connectivity index (χ3v) is 9.22. The van der Waals surface area contributed by atoms with E-state index < -0.39 is 0 Å². The molecule has 9 rings (SSSR count). The number of para-hydroxylation sites is 1. The lowest BCUT2D eigenvalue weighted by atomic mass is 9.89. The van der Waals surface area contributed by atoms with Crippen molar-refractivity contribution in [1.82, 2.24) is 0 Å². The average Bonchev–Trinajstić information content (AvgIpc) is 3.40. The molecule has 0 aliphatic carbocycles. The zero-order chi connectivity index (χ0) is 30.5. The number of rotatable bonds is 4. The number of hydrogen-bond donors (Lipinski definition) is 0. The van der Waals surface area contributed by atoms with E-state index in [1.54, 1.807) is 0 Å². The second-order valence-electron chi connectivity index (χ2n) is 12.1. The summed E-state index contributed by atoms with van der Waals surface area (Å²) in [6, 6.07) is 56.6. The minimum Gasteiger partial charge on any atom is -0.456 e. The molecule has 0 radical (unpaired) electrons. The normalized spacial score (nSPS) is 12.5. The van der Waals surface area contributed by atoms with Crippen LogP contribution in [0.25, 0.3) is 77.6 Å². The van der Waals surface area contributed by atoms with Gasteiger partial charge in [-0.1, -0.05) is 109 Å². The van der Waals surface area contributed by atoms with E-state index in [0.717, 1.165) is 21.9 Å². The molecule has 0 unspecified atom stereocenters. The van der Waals surface area contributed by atoms with Gasteiger partial charge in [0, 0.05) is 10.8 Å². The Balaban J connectivity index is 1.18. The molecule has 0 spiro atoms. The molecule has 2 heteroatoms. The third-order valence-electron chi connectivity index (χ3n) is 9.22. The van der Waals surface area contributed by atoms with Crippen LogP contribution in [0.15, 0.2) is 162 Å². The van der Waals surface area contributed by atoms with Gasteiger partial charge in [-0.15, -0.1) is 0 Å². The predicted octanol–water partition coefficient (Wildman–Crippen LogP) is 12.0. The topological polar surface area (TPSA) is 22.4 Å². The summed E-state index contributed by atoms with van der Waals surface area (Å²) in [5, 5.41) is 2.28. The summed E-state index contributed by atoms with van der Waals surface area (Å²) < 4.78 is 12.3. The maximum Gasteiger partial charge on any atom is 0.135 e. The fraction of sp³-hybridized carbons (Fsp3) is 0.0455. The van der Waals surface area contributed by atoms with Crippen LogP contribution < -0.4 is 0 Å². The summed E-state index contributed by atoms with van der Waals surface area (Å²) in [6.07, 6.45) is 0. The van der Waals surface area contributed by atoms with Gasteiger partial charge in [-0.05, 0) is 115 Å². The van der Waals surface area contributed by atoms with Crippen LogP contribution in [0.4, 0.5) is 0 Å². The van der Waals surface area contributed by atoms with Gasteiger partial charge in [0.2, 0.25) is 0 Å². The van der Waals surface area contributed by atoms with Crippen molar-refractivity contribution in [3.63, 3.8) is 0 Å². The second-order valence-corrected chi connectivity index (χ2v) is 12.1. The van der Waals surface area contributed by atoms with Gasteiger partial charge in [-0.25, -0.2) is 0 Å². The van der Waals surface area contributed by atoms with Gasteiger partial charge in [-0.2, -0.15) is 0 Å². The van der Waals surface area contributed by atoms with Crippen molar-refractivity contribution in [1.29, 1.82) is 0 Å². The van der Waals surface area contributed by atoms with Gasteiger partial charge < -0.3 is 9.15 Å². The van der Waals surface area contributed by atoms with Crippen LogP contribution in [0.5, 0.6) is 0 Å². The zero-order valence-corrected chi connectivity index (χ0v) is 25.2. The Bertz CT molecular complexity index is 2320. The summed E-state index contributed by atoms with van der Waals surface area (Å²) >= 11 is 0. The zero-order valence-electron chi connectivity index (χ0n) is 25.2. The van der Waals surface area contributed by atoms with Crippen molar-refractivity contribution in [2.24, 2.45) is 0 Å². The molecule has 0 N–H and O–H groups in total. The van der Waals surface area contributed by atoms with Crippen LogP contribution in [-0.2, 0) is 18.0 Å². The predicted molar refractivity (Wildman–Crippen MR) is 189 cm³/mol. The number of hydrogen-bond acceptors (Lipinski definition) is 2. The first-order chi connectivity index (χ1) is 22.8. The molecule has 1 aliphatic rings. The fourth-order valence-electron chi connectivity index (χ4n) is 6.83. The Morgan fingerprint density at radius 3 is 1.43 bits per heavy atom. The van der Waals surface area contributed by atoms with Crippen LogP contribution in [0.1, 0.15) is 11.1 Å². The summed E-state index contributed by atoms with van der Waals surface area (Å²) in [5.41, 5.74) is 16.3. The highest BCUT2D eigenvalue weighted by Gasteiger charge is 2.18. The number of ether oxygens (including phenoxy) is 1. The quantitative estimate of drug-likeness (QED) is 0.203. The molecule has 46 heavy (non-hydrogen) atoms. The third kappa shape index (κ3) is 4.72. The number of furan rings is 1. The Labute approximate surface area is 268 Å². The summed E-state index contributed by atoms with van der Waals surface area (Å²) in [7, 11) is 0. The Hall–Kier alpha value is -5.70. The van der Waals surface area contributed by atoms with Gasteiger partial charge in [0.25, 0.3) is 0 Å². The Morgan fingerprint density at radius 1 is 0.326 bits per heavy atom. The number of fused-ring (bicyclic) bond motifs is 6. The monoisotopic (exact) mass is 590 g/mol. The SMILES string of the molecule is c1ccc(-c2cc(-c3ccccc3)cc(-c3ccc4c(c3)-c3cc(-c5ccc6oc7ccccc7c6c5)ccc3COC4)c2)cc1. The van der Waals surface area contributed by atoms with E-state index in [9.17, 15) is 0 Å². The molecule has 1 aliphatic heterocycles. The van der Waals surface area contributed by atoms with Crippen LogP contribution >= 0.6 is 0 Å². The summed E-state index contributed by atoms with van der Waals surface area (Å²) in [5.74, 6) is 0. The summed E-state index contributed by atoms with van der Waals surface area (Å²) in [4.78, 5) is 0. The molecular formula is C44H30O2. The highest BCUT2D eigenvalue weighted by molar-refractivity contribution is 6.06. The van der Waals surface area contributed by atoms with Crippen LogP contribution in [0.3, 0.4) is 0 Å². The van der Waals surface area contributed by atoms with E-state index in [0.29, 0.717) is 13.2 Å². The van der Waals surface area contributed by atoms with Gasteiger partial charge in [0.15, 0.2) is 0 Å². The maximum absolute atomic E-state index is 6.18. The molecular weight excluding hydrogens is 560 g/mol. The summed E-state index contributed by atoms with van der Waals surface area (Å²) in [6.45, 7) is 1.18. The molecule has 0 saturated carbocycles. The lowest BCUT2D eigenvalue weighted by Gasteiger charge is -2.15. The van der Waals surface area contributed by atoms with E-state index in [-0.39, 0.29) is 0 Å². The molecule has 0 fully saturated rings. The van der Waals surface area contributed by atoms with Crippen molar-refractivity contribution >= 4 is 21.9 Å². The average molecular weight is 591 g/mol. The lowest BCUT2D eigenvalue weighted by Crippen LogP contribution is -1.92. The van der Waals surface area contributed by atoms with Gasteiger partial charge in [0.05, 0.1) is 13.2 Å². The maximum atomic E-state index is 6.18. The van der Waals surface area contributed by atoms with Crippen LogP contribution in [0, 0.1) is 0 Å². The molecule has 7 aromatic carbocycles. The first-order valence-corrected chi connectivity index (χ1v) is 15.8. The van der Waals surface area contributed by atoms with E-state index in [4.69, 9.17) is 9.15 Å². The van der Waals surface area contributed by atoms with E-state index in [2.05, 4.69) is 146 Å². The smallest absolute Gasteiger partial charge is 0.135 e. The van der Waals surface area contributed by atoms with E-state index in [1.807, 2.05) is 12.1 Å². The van der Waals surface area contributed by atoms with Crippen molar-refractivity contribution in [3.8, 4) is 55.6 Å². The molecule has 0 amide bonds. The minimum absolute atomic E-state index is 0.589. The van der Waals surface area contributed by atoms with Crippen LogP contribution in [-0.4, -0.2) is 0 Å². The molecule has 0 atom stereocenters. The molecule has 2 heterocycles. The standard InChI is InChI=1S/C44H30O2/c1-3-9-29(10-4-1)36-21-37(30-11-5-2-6-12-30)23-38(22-36)33-16-18-35-28-45-27-34-17-15-31(24-40(34)41(35)25-33)32-19-20-44-42(26-32)39-13-7-8-14-43(39)46-44/h1-26H,27-28H2. The Kier molecular flexibility index (Phi) is 6.40. The molecule has 8 aromatic rings. The minimum atomic E-state index is 0.589. The second kappa shape index (κ2) is 11.0. The number of benzene rings is 7. The van der Waals surface area contributed by atoms with Gasteiger partial charge in [-0.3, -0.25) is 0 Å². The van der Waals surface area contributed by atoms with Crippen molar-refractivity contribution in [2.45, 2.75) is 13.2 Å². The first kappa shape index (κ1) is 26.7. The molecule has 1 aromatic heterocycles. The van der Waals surface area contributed by atoms with Crippen LogP contribution in [0.2, 0.25) is 0 Å². The first-order valence-electron chi connectivity index (χ1n) is 15.8. The lowest BCUT2D eigenvalue weighted by molar-refractivity contribution is 0.110. The molecule has 2 nitrogen and oxygen atoms in total. The van der Waals surface area contributed by atoms with E-state index >= 15 is 0 Å². The van der Waals surface area contributed by atoms with E-state index in [1.165, 1.54) is 66.8 Å². The van der Waals surface area contributed by atoms with Gasteiger partial charge in [0.1, 0.15) is 11.2 Å². The fourth-order valence-corrected chi connectivity index (χ4v) is 6.83. The molecule has 218 valence electrons. The Morgan fingerprint density at radius 2 is 0.804 bits per heavy atom. The highest BCUT2D eigenvalue weighted by Crippen LogP contribution is 2.40. The van der Waals surface area contributed by atoms with Crippen molar-refractivity contribution in [2.75, 3.05) is 0 Å². The molecule has 0 saturated heterocycles. The largest absolute Gasteiger partial charge is 0.456 e. The highest BCUT2D eigenvalue weighted by atomic mass is 16.5. The van der Waals surface area contributed by atoms with Crippen molar-refractivity contribution < 1.29 is 9.15 Å².